The summed E-state index contributed by atoms with van der Waals surface area (Å²) in [5, 5.41) is 5.12. The molecule has 1 fully saturated rings. The number of halogens is 1. The van der Waals surface area contributed by atoms with Gasteiger partial charge in [-0.15, -0.1) is 0 Å². The fraction of sp³-hybridized carbons (Fsp3) is 0.211. The minimum absolute atomic E-state index is 0.188. The van der Waals surface area contributed by atoms with Crippen LogP contribution >= 0.6 is 0 Å². The van der Waals surface area contributed by atoms with Crippen LogP contribution in [0.15, 0.2) is 54.6 Å². The summed E-state index contributed by atoms with van der Waals surface area (Å²) in [6, 6.07) is 13.5. The molecule has 6 nitrogen and oxygen atoms in total. The van der Waals surface area contributed by atoms with Crippen molar-refractivity contribution in [1.29, 1.82) is 0 Å². The van der Waals surface area contributed by atoms with E-state index in [-0.39, 0.29) is 11.6 Å². The molecule has 0 radical (unpaired) electrons. The minimum Gasteiger partial charge on any atom is -0.324 e. The number of anilines is 2. The first-order valence-corrected chi connectivity index (χ1v) is 8.28. The molecule has 0 spiro atoms. The van der Waals surface area contributed by atoms with Gasteiger partial charge in [0.25, 0.3) is 0 Å². The van der Waals surface area contributed by atoms with Crippen molar-refractivity contribution in [3.63, 3.8) is 0 Å². The van der Waals surface area contributed by atoms with Crippen molar-refractivity contribution in [1.82, 2.24) is 4.90 Å². The Morgan fingerprint density at radius 1 is 0.962 bits per heavy atom. The van der Waals surface area contributed by atoms with Gasteiger partial charge in [-0.25, -0.2) is 4.39 Å². The number of likely N-dealkylation sites (tertiary alicyclic amines) is 1. The Morgan fingerprint density at radius 3 is 2.42 bits per heavy atom. The number of hydrogen-bond acceptors (Lipinski definition) is 3. The van der Waals surface area contributed by atoms with Crippen LogP contribution in [0, 0.1) is 5.82 Å². The highest BCUT2D eigenvalue weighted by atomic mass is 19.1. The second kappa shape index (κ2) is 7.77. The Labute approximate surface area is 150 Å². The van der Waals surface area contributed by atoms with E-state index in [0.29, 0.717) is 25.1 Å². The van der Waals surface area contributed by atoms with Crippen LogP contribution in [0.3, 0.4) is 0 Å². The van der Waals surface area contributed by atoms with Crippen molar-refractivity contribution in [2.24, 2.45) is 0 Å². The zero-order chi connectivity index (χ0) is 18.5. The zero-order valence-electron chi connectivity index (χ0n) is 13.9. The highest BCUT2D eigenvalue weighted by Gasteiger charge is 2.36. The van der Waals surface area contributed by atoms with Gasteiger partial charge in [-0.2, -0.15) is 0 Å². The number of carbonyl (C=O) groups is 3. The molecule has 2 aromatic carbocycles. The molecule has 3 amide bonds. The lowest BCUT2D eigenvalue weighted by Gasteiger charge is -2.23. The number of nitrogens with one attached hydrogen (secondary N) is 2. The van der Waals surface area contributed by atoms with E-state index in [2.05, 4.69) is 10.6 Å². The van der Waals surface area contributed by atoms with Gasteiger partial charge in [0, 0.05) is 17.9 Å². The molecule has 3 rings (SSSR count). The number of para-hydroxylation sites is 1. The predicted octanol–water partition coefficient (Wildman–Crippen LogP) is 2.39. The van der Waals surface area contributed by atoms with Gasteiger partial charge >= 0.3 is 11.8 Å². The summed E-state index contributed by atoms with van der Waals surface area (Å²) < 4.78 is 13.2. The van der Waals surface area contributed by atoms with Crippen LogP contribution in [-0.2, 0) is 14.4 Å². The molecule has 0 saturated carbocycles. The second-order valence-corrected chi connectivity index (χ2v) is 5.98. The fourth-order valence-electron chi connectivity index (χ4n) is 2.91. The molecule has 1 heterocycles. The molecule has 26 heavy (non-hydrogen) atoms. The summed E-state index contributed by atoms with van der Waals surface area (Å²) >= 11 is 0. The van der Waals surface area contributed by atoms with Crippen molar-refractivity contribution < 1.29 is 18.8 Å². The topological polar surface area (TPSA) is 78.5 Å². The van der Waals surface area contributed by atoms with Crippen LogP contribution in [0.4, 0.5) is 15.8 Å². The highest BCUT2D eigenvalue weighted by Crippen LogP contribution is 2.20. The number of nitrogens with zero attached hydrogens (tertiary/aromatic N) is 1. The van der Waals surface area contributed by atoms with E-state index in [0.717, 1.165) is 6.07 Å². The molecule has 2 N–H and O–H groups in total. The van der Waals surface area contributed by atoms with Crippen LogP contribution in [0.5, 0.6) is 0 Å². The average molecular weight is 355 g/mol. The first-order valence-electron chi connectivity index (χ1n) is 8.28. The lowest BCUT2D eigenvalue weighted by atomic mass is 10.2. The van der Waals surface area contributed by atoms with Crippen LogP contribution in [0.2, 0.25) is 0 Å². The van der Waals surface area contributed by atoms with E-state index in [1.807, 2.05) is 6.07 Å². The molecule has 1 aliphatic rings. The first-order chi connectivity index (χ1) is 12.5. The molecule has 134 valence electrons. The molecule has 1 aliphatic heterocycles. The van der Waals surface area contributed by atoms with E-state index in [1.165, 1.54) is 23.1 Å². The van der Waals surface area contributed by atoms with Gasteiger partial charge in [-0.05, 0) is 43.2 Å². The molecular weight excluding hydrogens is 337 g/mol. The molecule has 1 saturated heterocycles. The SMILES string of the molecule is O=C(Nc1cccc(F)c1)C(=O)N1CCC[C@H]1C(=O)Nc1ccccc1. The smallest absolute Gasteiger partial charge is 0.313 e. The van der Waals surface area contributed by atoms with Gasteiger partial charge in [0.05, 0.1) is 0 Å². The summed E-state index contributed by atoms with van der Waals surface area (Å²) in [6.45, 7) is 0.322. The number of amides is 3. The number of hydrogen-bond donors (Lipinski definition) is 2. The molecule has 0 aromatic heterocycles. The minimum atomic E-state index is -0.894. The van der Waals surface area contributed by atoms with Crippen molar-refractivity contribution >= 4 is 29.1 Å². The Bertz CT molecular complexity index is 826. The summed E-state index contributed by atoms with van der Waals surface area (Å²) in [4.78, 5) is 38.3. The van der Waals surface area contributed by atoms with E-state index in [9.17, 15) is 18.8 Å². The zero-order valence-corrected chi connectivity index (χ0v) is 13.9. The summed E-state index contributed by atoms with van der Waals surface area (Å²) in [6.07, 6.45) is 1.11. The number of rotatable bonds is 3. The van der Waals surface area contributed by atoms with Gasteiger partial charge in [0.1, 0.15) is 11.9 Å². The van der Waals surface area contributed by atoms with Gasteiger partial charge in [0.2, 0.25) is 5.91 Å². The van der Waals surface area contributed by atoms with Crippen LogP contribution in [-0.4, -0.2) is 35.2 Å². The molecule has 1 atom stereocenters. The normalized spacial score (nSPS) is 16.2. The van der Waals surface area contributed by atoms with Gasteiger partial charge in [-0.3, -0.25) is 14.4 Å². The third-order valence-corrected chi connectivity index (χ3v) is 4.13. The van der Waals surface area contributed by atoms with Crippen LogP contribution < -0.4 is 10.6 Å². The van der Waals surface area contributed by atoms with E-state index < -0.39 is 23.7 Å². The maximum atomic E-state index is 13.2. The maximum absolute atomic E-state index is 13.2. The third-order valence-electron chi connectivity index (χ3n) is 4.13. The summed E-state index contributed by atoms with van der Waals surface area (Å²) in [7, 11) is 0. The van der Waals surface area contributed by atoms with E-state index in [1.54, 1.807) is 24.3 Å². The Morgan fingerprint density at radius 2 is 1.69 bits per heavy atom. The van der Waals surface area contributed by atoms with Gasteiger partial charge in [-0.1, -0.05) is 24.3 Å². The monoisotopic (exact) mass is 355 g/mol. The largest absolute Gasteiger partial charge is 0.324 e. The van der Waals surface area contributed by atoms with E-state index >= 15 is 0 Å². The summed E-state index contributed by atoms with van der Waals surface area (Å²) in [5.41, 5.74) is 0.814. The Hall–Kier alpha value is -3.22. The molecule has 0 bridgehead atoms. The molecule has 0 aliphatic carbocycles. The number of benzene rings is 2. The highest BCUT2D eigenvalue weighted by molar-refractivity contribution is 6.40. The lowest BCUT2D eigenvalue weighted by Crippen LogP contribution is -2.47. The van der Waals surface area contributed by atoms with Crippen molar-refractivity contribution in [2.75, 3.05) is 17.2 Å². The van der Waals surface area contributed by atoms with Crippen molar-refractivity contribution in [3.8, 4) is 0 Å². The predicted molar refractivity (Wildman–Crippen MR) is 94.8 cm³/mol. The quantitative estimate of drug-likeness (QED) is 0.830. The van der Waals surface area contributed by atoms with Crippen LogP contribution in [0.1, 0.15) is 12.8 Å². The van der Waals surface area contributed by atoms with E-state index in [4.69, 9.17) is 0 Å². The molecule has 2 aromatic rings. The van der Waals surface area contributed by atoms with Gasteiger partial charge < -0.3 is 15.5 Å². The number of carbonyl (C=O) groups excluding carboxylic acids is 3. The molecule has 0 unspecified atom stereocenters. The maximum Gasteiger partial charge on any atom is 0.313 e. The standard InChI is InChI=1S/C19H18FN3O3/c20-13-6-4-9-15(12-13)22-18(25)19(26)23-11-5-10-16(23)17(24)21-14-7-2-1-3-8-14/h1-4,6-9,12,16H,5,10-11H2,(H,21,24)(H,22,25)/t16-/m0/s1. The first kappa shape index (κ1) is 17.6. The Kier molecular flexibility index (Phi) is 5.26. The second-order valence-electron chi connectivity index (χ2n) is 5.98. The van der Waals surface area contributed by atoms with Gasteiger partial charge in [0.15, 0.2) is 0 Å². The molecular formula is C19H18FN3O3. The fourth-order valence-corrected chi connectivity index (χ4v) is 2.91. The third kappa shape index (κ3) is 4.05. The molecule has 7 heteroatoms. The average Bonchev–Trinajstić information content (AvgIpc) is 3.11. The van der Waals surface area contributed by atoms with Crippen molar-refractivity contribution in [2.45, 2.75) is 18.9 Å². The van der Waals surface area contributed by atoms with Crippen molar-refractivity contribution in [3.05, 3.63) is 60.4 Å². The Balaban J connectivity index is 1.65. The lowest BCUT2D eigenvalue weighted by molar-refractivity contribution is -0.145. The van der Waals surface area contributed by atoms with Crippen LogP contribution in [0.25, 0.3) is 0 Å². The summed E-state index contributed by atoms with van der Waals surface area (Å²) in [5.74, 6) is -2.55.